The third-order valence-electron chi connectivity index (χ3n) is 5.38. The fraction of sp³-hybridized carbons (Fsp3) is 0.148. The molecule has 0 aliphatic heterocycles. The second-order valence-electron chi connectivity index (χ2n) is 7.89. The molecule has 5 N–H and O–H groups in total. The first-order chi connectivity index (χ1) is 17.0. The van der Waals surface area contributed by atoms with Crippen LogP contribution in [0.3, 0.4) is 0 Å². The highest BCUT2D eigenvalue weighted by atomic mass is 16.5. The van der Waals surface area contributed by atoms with Gasteiger partial charge in [0.15, 0.2) is 5.88 Å². The molecule has 8 nitrogen and oxygen atoms in total. The number of hydrogen-bond acceptors (Lipinski definition) is 6. The molecular weight excluding hydrogens is 444 g/mol. The molecule has 8 heteroatoms. The summed E-state index contributed by atoms with van der Waals surface area (Å²) in [6.45, 7) is 2.64. The number of esters is 1. The molecule has 1 aromatic heterocycles. The van der Waals surface area contributed by atoms with Gasteiger partial charge in [0, 0.05) is 23.0 Å². The first kappa shape index (κ1) is 23.7. The number of hydrogen-bond donors (Lipinski definition) is 4. The van der Waals surface area contributed by atoms with Crippen LogP contribution in [-0.4, -0.2) is 40.8 Å². The van der Waals surface area contributed by atoms with Crippen LogP contribution in [0.4, 0.5) is 5.69 Å². The van der Waals surface area contributed by atoms with Crippen LogP contribution in [0.1, 0.15) is 34.0 Å². The summed E-state index contributed by atoms with van der Waals surface area (Å²) in [5.74, 6) is -0.880. The molecule has 3 aromatic carbocycles. The van der Waals surface area contributed by atoms with E-state index < -0.39 is 11.9 Å². The number of amides is 1. The van der Waals surface area contributed by atoms with Crippen LogP contribution in [0.25, 0.3) is 10.9 Å². The molecular formula is C27H26N4O4. The van der Waals surface area contributed by atoms with Crippen molar-refractivity contribution >= 4 is 34.2 Å². The Morgan fingerprint density at radius 2 is 1.77 bits per heavy atom. The summed E-state index contributed by atoms with van der Waals surface area (Å²) >= 11 is 0. The molecule has 0 spiro atoms. The molecule has 0 bridgehead atoms. The Morgan fingerprint density at radius 3 is 2.46 bits per heavy atom. The number of nitrogens with two attached hydrogens (primary N) is 1. The van der Waals surface area contributed by atoms with Gasteiger partial charge in [0.05, 0.1) is 35.7 Å². The number of H-pyrrole nitrogens is 1. The lowest BCUT2D eigenvalue weighted by molar-refractivity contribution is -0.117. The van der Waals surface area contributed by atoms with Crippen molar-refractivity contribution < 1.29 is 19.4 Å². The van der Waals surface area contributed by atoms with Crippen molar-refractivity contribution in [2.75, 3.05) is 13.2 Å². The summed E-state index contributed by atoms with van der Waals surface area (Å²) in [4.78, 5) is 30.9. The number of nitrogens with zero attached hydrogens (tertiary/aromatic N) is 1. The van der Waals surface area contributed by atoms with Gasteiger partial charge in [-0.25, -0.2) is 9.79 Å². The van der Waals surface area contributed by atoms with Gasteiger partial charge in [0.2, 0.25) is 5.91 Å². The van der Waals surface area contributed by atoms with Gasteiger partial charge in [-0.1, -0.05) is 48.5 Å². The summed E-state index contributed by atoms with van der Waals surface area (Å²) < 4.78 is 5.09. The Morgan fingerprint density at radius 1 is 1.03 bits per heavy atom. The number of ether oxygens (including phenoxy) is 1. The van der Waals surface area contributed by atoms with Crippen LogP contribution in [0.15, 0.2) is 77.8 Å². The molecule has 4 aromatic rings. The van der Waals surface area contributed by atoms with E-state index in [1.54, 1.807) is 25.1 Å². The summed E-state index contributed by atoms with van der Waals surface area (Å²) in [5, 5.41) is 14.6. The maximum Gasteiger partial charge on any atom is 0.338 e. The molecule has 0 aliphatic rings. The molecule has 0 saturated carbocycles. The van der Waals surface area contributed by atoms with Crippen molar-refractivity contribution in [1.29, 1.82) is 0 Å². The Hall–Kier alpha value is -4.43. The third kappa shape index (κ3) is 5.56. The number of nitrogens with one attached hydrogen (secondary N) is 2. The lowest BCUT2D eigenvalue weighted by atomic mass is 10.00. The van der Waals surface area contributed by atoms with Gasteiger partial charge in [-0.3, -0.25) is 4.79 Å². The van der Waals surface area contributed by atoms with E-state index in [0.717, 1.165) is 16.5 Å². The predicted molar refractivity (Wildman–Crippen MR) is 135 cm³/mol. The third-order valence-corrected chi connectivity index (χ3v) is 5.38. The van der Waals surface area contributed by atoms with Gasteiger partial charge in [0.25, 0.3) is 0 Å². The fourth-order valence-electron chi connectivity index (χ4n) is 3.77. The monoisotopic (exact) mass is 470 g/mol. The van der Waals surface area contributed by atoms with E-state index >= 15 is 0 Å². The van der Waals surface area contributed by atoms with Gasteiger partial charge < -0.3 is 25.9 Å². The number of aromatic amines is 1. The highest BCUT2D eigenvalue weighted by Crippen LogP contribution is 2.32. The zero-order valence-electron chi connectivity index (χ0n) is 19.2. The Kier molecular flexibility index (Phi) is 7.23. The molecule has 0 radical (unpaired) electrons. The quantitative estimate of drug-likeness (QED) is 0.218. The van der Waals surface area contributed by atoms with Crippen molar-refractivity contribution in [3.05, 3.63) is 95.1 Å². The van der Waals surface area contributed by atoms with Gasteiger partial charge >= 0.3 is 5.97 Å². The Labute approximate surface area is 202 Å². The first-order valence-corrected chi connectivity index (χ1v) is 11.2. The molecule has 0 unspecified atom stereocenters. The normalized spacial score (nSPS) is 11.5. The number of carbonyl (C=O) groups is 2. The van der Waals surface area contributed by atoms with E-state index in [2.05, 4.69) is 10.3 Å². The zero-order valence-corrected chi connectivity index (χ0v) is 19.2. The number of benzene rings is 3. The van der Waals surface area contributed by atoms with Crippen molar-refractivity contribution in [3.63, 3.8) is 0 Å². The standard InChI is InChI=1S/C27H26N4O4/c1-2-35-27(34)19-10-13-21-22(14-19)31-26(33)24(21)25(18-6-4-3-5-7-18)30-20-11-8-17(9-12-20)15-29-16-23(28)32/h3-14,29,31,33H,2,15-16H2,1H3,(H2,28,32). The molecule has 0 atom stereocenters. The zero-order chi connectivity index (χ0) is 24.8. The average Bonchev–Trinajstić information content (AvgIpc) is 3.18. The van der Waals surface area contributed by atoms with Crippen LogP contribution < -0.4 is 11.1 Å². The summed E-state index contributed by atoms with van der Waals surface area (Å²) in [7, 11) is 0. The molecule has 0 saturated heterocycles. The Bertz CT molecular complexity index is 1380. The minimum Gasteiger partial charge on any atom is -0.494 e. The smallest absolute Gasteiger partial charge is 0.338 e. The molecule has 35 heavy (non-hydrogen) atoms. The summed E-state index contributed by atoms with van der Waals surface area (Å²) in [6, 6.07) is 22.2. The van der Waals surface area contributed by atoms with Crippen LogP contribution in [-0.2, 0) is 16.1 Å². The fourth-order valence-corrected chi connectivity index (χ4v) is 3.77. The van der Waals surface area contributed by atoms with Crippen LogP contribution in [0.5, 0.6) is 5.88 Å². The highest BCUT2D eigenvalue weighted by molar-refractivity contribution is 6.22. The van der Waals surface area contributed by atoms with E-state index in [0.29, 0.717) is 34.6 Å². The van der Waals surface area contributed by atoms with Gasteiger partial charge in [0.1, 0.15) is 0 Å². The molecule has 0 fully saturated rings. The molecule has 4 rings (SSSR count). The van der Waals surface area contributed by atoms with Gasteiger partial charge in [-0.05, 0) is 36.8 Å². The van der Waals surface area contributed by atoms with E-state index in [1.165, 1.54) is 0 Å². The number of aromatic hydroxyl groups is 1. The number of rotatable bonds is 9. The van der Waals surface area contributed by atoms with Crippen molar-refractivity contribution in [2.45, 2.75) is 13.5 Å². The summed E-state index contributed by atoms with van der Waals surface area (Å²) in [5.41, 5.74) is 9.77. The molecule has 178 valence electrons. The Balaban J connectivity index is 1.74. The molecule has 0 aliphatic carbocycles. The number of aliphatic imine (C=N–C) groups is 1. The topological polar surface area (TPSA) is 130 Å². The van der Waals surface area contributed by atoms with Crippen molar-refractivity contribution in [1.82, 2.24) is 10.3 Å². The van der Waals surface area contributed by atoms with Crippen LogP contribution >= 0.6 is 0 Å². The number of fused-ring (bicyclic) bond motifs is 1. The van der Waals surface area contributed by atoms with E-state index in [4.69, 9.17) is 15.5 Å². The first-order valence-electron chi connectivity index (χ1n) is 11.2. The lowest BCUT2D eigenvalue weighted by Gasteiger charge is -2.09. The highest BCUT2D eigenvalue weighted by Gasteiger charge is 2.20. The molecule has 1 amide bonds. The van der Waals surface area contributed by atoms with Crippen LogP contribution in [0, 0.1) is 0 Å². The van der Waals surface area contributed by atoms with Crippen molar-refractivity contribution in [2.24, 2.45) is 10.7 Å². The number of aromatic nitrogens is 1. The van der Waals surface area contributed by atoms with E-state index in [-0.39, 0.29) is 19.0 Å². The number of primary amides is 1. The maximum absolute atomic E-state index is 12.2. The summed E-state index contributed by atoms with van der Waals surface area (Å²) in [6.07, 6.45) is 0. The minimum atomic E-state index is -0.424. The SMILES string of the molecule is CCOC(=O)c1ccc2c(C(=Nc3ccc(CNCC(N)=O)cc3)c3ccccc3)c(O)[nH]c2c1. The van der Waals surface area contributed by atoms with Gasteiger partial charge in [-0.15, -0.1) is 0 Å². The lowest BCUT2D eigenvalue weighted by Crippen LogP contribution is -2.27. The predicted octanol–water partition coefficient (Wildman–Crippen LogP) is 3.79. The van der Waals surface area contributed by atoms with Gasteiger partial charge in [-0.2, -0.15) is 0 Å². The molecule has 1 heterocycles. The maximum atomic E-state index is 12.2. The number of carbonyl (C=O) groups excluding carboxylic acids is 2. The van der Waals surface area contributed by atoms with Crippen molar-refractivity contribution in [3.8, 4) is 5.88 Å². The second kappa shape index (κ2) is 10.7. The second-order valence-corrected chi connectivity index (χ2v) is 7.89. The van der Waals surface area contributed by atoms with Crippen LogP contribution in [0.2, 0.25) is 0 Å². The minimum absolute atomic E-state index is 0.0455. The van der Waals surface area contributed by atoms with E-state index in [1.807, 2.05) is 54.6 Å². The largest absolute Gasteiger partial charge is 0.494 e. The average molecular weight is 471 g/mol. The van der Waals surface area contributed by atoms with E-state index in [9.17, 15) is 14.7 Å².